The zero-order chi connectivity index (χ0) is 17.7. The third-order valence-electron chi connectivity index (χ3n) is 4.49. The molecule has 0 spiro atoms. The molecule has 25 heavy (non-hydrogen) atoms. The third kappa shape index (κ3) is 4.96. The summed E-state index contributed by atoms with van der Waals surface area (Å²) in [6.45, 7) is 1.83. The molecule has 1 unspecified atom stereocenters. The van der Waals surface area contributed by atoms with Crippen molar-refractivity contribution >= 4 is 21.4 Å². The fourth-order valence-corrected chi connectivity index (χ4v) is 4.12. The molecule has 0 saturated carbocycles. The van der Waals surface area contributed by atoms with Gasteiger partial charge in [0.15, 0.2) is 0 Å². The number of rotatable bonds is 7. The molecule has 1 aliphatic heterocycles. The van der Waals surface area contributed by atoms with Gasteiger partial charge >= 0.3 is 0 Å². The number of sulfonamides is 1. The number of anilines is 2. The van der Waals surface area contributed by atoms with E-state index < -0.39 is 10.0 Å². The number of hydrogen-bond donors (Lipinski definition) is 1. The molecular formula is C19H24N2O3S. The molecule has 1 fully saturated rings. The van der Waals surface area contributed by atoms with E-state index in [1.165, 1.54) is 0 Å². The van der Waals surface area contributed by atoms with E-state index >= 15 is 0 Å². The van der Waals surface area contributed by atoms with Crippen LogP contribution in [0.4, 0.5) is 11.4 Å². The Morgan fingerprint density at radius 1 is 1.12 bits per heavy atom. The van der Waals surface area contributed by atoms with Crippen LogP contribution in [0.3, 0.4) is 0 Å². The number of ether oxygens (including phenoxy) is 1. The zero-order valence-corrected chi connectivity index (χ0v) is 15.2. The van der Waals surface area contributed by atoms with Gasteiger partial charge in [0.1, 0.15) is 0 Å². The van der Waals surface area contributed by atoms with Gasteiger partial charge in [0.05, 0.1) is 11.9 Å². The van der Waals surface area contributed by atoms with Crippen molar-refractivity contribution in [2.75, 3.05) is 35.6 Å². The molecule has 0 radical (unpaired) electrons. The van der Waals surface area contributed by atoms with Crippen LogP contribution in [0.2, 0.25) is 0 Å². The molecule has 1 heterocycles. The summed E-state index contributed by atoms with van der Waals surface area (Å²) in [7, 11) is -1.62. The van der Waals surface area contributed by atoms with Gasteiger partial charge in [-0.1, -0.05) is 30.3 Å². The summed E-state index contributed by atoms with van der Waals surface area (Å²) in [6, 6.07) is 17.2. The van der Waals surface area contributed by atoms with Crippen LogP contribution in [0.25, 0.3) is 0 Å². The lowest BCUT2D eigenvalue weighted by Crippen LogP contribution is -2.22. The Hall–Kier alpha value is -2.05. The molecule has 6 heteroatoms. The summed E-state index contributed by atoms with van der Waals surface area (Å²) in [5.41, 5.74) is 2.70. The van der Waals surface area contributed by atoms with E-state index in [9.17, 15) is 8.42 Å². The summed E-state index contributed by atoms with van der Waals surface area (Å²) in [6.07, 6.45) is 1.79. The van der Waals surface area contributed by atoms with E-state index in [0.717, 1.165) is 30.8 Å². The summed E-state index contributed by atoms with van der Waals surface area (Å²) < 4.78 is 32.6. The highest BCUT2D eigenvalue weighted by atomic mass is 32.2. The molecule has 3 rings (SSSR count). The Balaban J connectivity index is 1.57. The molecular weight excluding hydrogens is 336 g/mol. The number of nitrogens with zero attached hydrogens (tertiary/aromatic N) is 1. The molecule has 134 valence electrons. The van der Waals surface area contributed by atoms with Gasteiger partial charge in [0, 0.05) is 31.6 Å². The molecule has 1 saturated heterocycles. The van der Waals surface area contributed by atoms with Crippen molar-refractivity contribution in [1.82, 2.24) is 0 Å². The minimum Gasteiger partial charge on any atom is -0.380 e. The second-order valence-electron chi connectivity index (χ2n) is 6.30. The predicted molar refractivity (Wildman–Crippen MR) is 102 cm³/mol. The van der Waals surface area contributed by atoms with Crippen molar-refractivity contribution in [1.29, 1.82) is 0 Å². The predicted octanol–water partition coefficient (Wildman–Crippen LogP) is 2.90. The number of nitrogens with one attached hydrogen (secondary N) is 1. The standard InChI is InChI=1S/C19H24N2O3S/c1-24-19-11-13-21(15-19)18-9-7-17(8-10-18)20-25(22,23)14-12-16-5-3-2-4-6-16/h2-10,19-20H,11-15H2,1H3. The lowest BCUT2D eigenvalue weighted by molar-refractivity contribution is 0.121. The highest BCUT2D eigenvalue weighted by molar-refractivity contribution is 7.92. The Bertz CT molecular complexity index is 776. The lowest BCUT2D eigenvalue weighted by Gasteiger charge is -2.18. The van der Waals surface area contributed by atoms with E-state index in [1.807, 2.05) is 54.6 Å². The second-order valence-corrected chi connectivity index (χ2v) is 8.14. The Labute approximate surface area is 149 Å². The Morgan fingerprint density at radius 2 is 1.84 bits per heavy atom. The SMILES string of the molecule is COC1CCN(c2ccc(NS(=O)(=O)CCc3ccccc3)cc2)C1. The molecule has 1 atom stereocenters. The molecule has 0 amide bonds. The maximum atomic E-state index is 12.3. The average Bonchev–Trinajstić information content (AvgIpc) is 3.11. The first-order chi connectivity index (χ1) is 12.1. The molecule has 0 bridgehead atoms. The summed E-state index contributed by atoms with van der Waals surface area (Å²) >= 11 is 0. The van der Waals surface area contributed by atoms with Crippen LogP contribution >= 0.6 is 0 Å². The number of benzene rings is 2. The molecule has 0 aliphatic carbocycles. The minimum absolute atomic E-state index is 0.0698. The van der Waals surface area contributed by atoms with Crippen molar-refractivity contribution in [3.63, 3.8) is 0 Å². The molecule has 1 aliphatic rings. The molecule has 5 nitrogen and oxygen atoms in total. The van der Waals surface area contributed by atoms with Gasteiger partial charge < -0.3 is 9.64 Å². The molecule has 0 aromatic heterocycles. The maximum Gasteiger partial charge on any atom is 0.233 e. The molecule has 2 aromatic carbocycles. The van der Waals surface area contributed by atoms with Gasteiger partial charge in [-0.15, -0.1) is 0 Å². The van der Waals surface area contributed by atoms with Crippen molar-refractivity contribution < 1.29 is 13.2 Å². The van der Waals surface area contributed by atoms with E-state index in [1.54, 1.807) is 7.11 Å². The van der Waals surface area contributed by atoms with Crippen molar-refractivity contribution in [2.24, 2.45) is 0 Å². The van der Waals surface area contributed by atoms with Crippen molar-refractivity contribution in [3.8, 4) is 0 Å². The van der Waals surface area contributed by atoms with Gasteiger partial charge in [0.25, 0.3) is 0 Å². The average molecular weight is 360 g/mol. The number of aryl methyl sites for hydroxylation is 1. The molecule has 2 aromatic rings. The topological polar surface area (TPSA) is 58.6 Å². The monoisotopic (exact) mass is 360 g/mol. The third-order valence-corrected chi connectivity index (χ3v) is 5.77. The van der Waals surface area contributed by atoms with Crippen LogP contribution in [0.15, 0.2) is 54.6 Å². The van der Waals surface area contributed by atoms with Gasteiger partial charge in [0.2, 0.25) is 10.0 Å². The first-order valence-corrected chi connectivity index (χ1v) is 10.1. The van der Waals surface area contributed by atoms with Crippen molar-refractivity contribution in [3.05, 3.63) is 60.2 Å². The van der Waals surface area contributed by atoms with E-state index in [2.05, 4.69) is 9.62 Å². The molecule has 1 N–H and O–H groups in total. The van der Waals surface area contributed by atoms with Gasteiger partial charge in [-0.25, -0.2) is 8.42 Å². The fourth-order valence-electron chi connectivity index (χ4n) is 3.02. The van der Waals surface area contributed by atoms with Crippen LogP contribution < -0.4 is 9.62 Å². The van der Waals surface area contributed by atoms with Crippen molar-refractivity contribution in [2.45, 2.75) is 18.9 Å². The lowest BCUT2D eigenvalue weighted by atomic mass is 10.2. The van der Waals surface area contributed by atoms with Gasteiger partial charge in [-0.3, -0.25) is 4.72 Å². The van der Waals surface area contributed by atoms with E-state index in [4.69, 9.17) is 4.74 Å². The summed E-state index contributed by atoms with van der Waals surface area (Å²) in [4.78, 5) is 2.25. The highest BCUT2D eigenvalue weighted by Gasteiger charge is 2.22. The summed E-state index contributed by atoms with van der Waals surface area (Å²) in [5.74, 6) is 0.0698. The number of hydrogen-bond acceptors (Lipinski definition) is 4. The highest BCUT2D eigenvalue weighted by Crippen LogP contribution is 2.23. The Kier molecular flexibility index (Phi) is 5.60. The quantitative estimate of drug-likeness (QED) is 0.825. The van der Waals surface area contributed by atoms with Gasteiger partial charge in [-0.2, -0.15) is 0 Å². The van der Waals surface area contributed by atoms with Gasteiger partial charge in [-0.05, 0) is 42.7 Å². The van der Waals surface area contributed by atoms with Crippen LogP contribution in [0.5, 0.6) is 0 Å². The first kappa shape index (κ1) is 17.8. The van der Waals surface area contributed by atoms with Crippen LogP contribution in [-0.2, 0) is 21.2 Å². The summed E-state index contributed by atoms with van der Waals surface area (Å²) in [5, 5.41) is 0. The van der Waals surface area contributed by atoms with E-state index in [-0.39, 0.29) is 11.9 Å². The Morgan fingerprint density at radius 3 is 2.48 bits per heavy atom. The fraction of sp³-hybridized carbons (Fsp3) is 0.368. The smallest absolute Gasteiger partial charge is 0.233 e. The van der Waals surface area contributed by atoms with Crippen LogP contribution in [0.1, 0.15) is 12.0 Å². The zero-order valence-electron chi connectivity index (χ0n) is 14.4. The normalized spacial score (nSPS) is 17.6. The maximum absolute atomic E-state index is 12.3. The van der Waals surface area contributed by atoms with Crippen LogP contribution in [-0.4, -0.2) is 40.5 Å². The second kappa shape index (κ2) is 7.89. The largest absolute Gasteiger partial charge is 0.380 e. The van der Waals surface area contributed by atoms with Crippen LogP contribution in [0, 0.1) is 0 Å². The first-order valence-electron chi connectivity index (χ1n) is 8.48. The minimum atomic E-state index is -3.36. The number of methoxy groups -OCH3 is 1. The van der Waals surface area contributed by atoms with E-state index in [0.29, 0.717) is 12.1 Å².